The molecule has 1 aromatic heterocycles. The number of hydrogen-bond acceptors (Lipinski definition) is 3. The van der Waals surface area contributed by atoms with Gasteiger partial charge in [-0.1, -0.05) is 35.5 Å². The van der Waals surface area contributed by atoms with Crippen LogP contribution in [-0.4, -0.2) is 17.2 Å². The molecule has 5 nitrogen and oxygen atoms in total. The van der Waals surface area contributed by atoms with E-state index in [0.717, 1.165) is 17.0 Å². The van der Waals surface area contributed by atoms with Gasteiger partial charge >= 0.3 is 0 Å². The number of hydrogen-bond donors (Lipinski definition) is 2. The Morgan fingerprint density at radius 1 is 1.35 bits per heavy atom. The van der Waals surface area contributed by atoms with Crippen molar-refractivity contribution in [3.8, 4) is 11.3 Å². The third kappa shape index (κ3) is 3.96. The van der Waals surface area contributed by atoms with E-state index in [-0.39, 0.29) is 24.0 Å². The number of halogens is 1. The predicted molar refractivity (Wildman–Crippen MR) is 88.8 cm³/mol. The van der Waals surface area contributed by atoms with Crippen LogP contribution in [0.5, 0.6) is 0 Å². The van der Waals surface area contributed by atoms with Crippen LogP contribution in [0.3, 0.4) is 0 Å². The molecule has 0 radical (unpaired) electrons. The third-order valence-corrected chi connectivity index (χ3v) is 2.96. The molecule has 0 amide bonds. The summed E-state index contributed by atoms with van der Waals surface area (Å²) in [6.45, 7) is 0.432. The van der Waals surface area contributed by atoms with Crippen molar-refractivity contribution in [1.29, 1.82) is 0 Å². The van der Waals surface area contributed by atoms with Crippen LogP contribution in [0.4, 0.5) is 0 Å². The van der Waals surface area contributed by atoms with E-state index in [0.29, 0.717) is 18.5 Å². The predicted octanol–water partition coefficient (Wildman–Crippen LogP) is 2.53. The second-order valence-corrected chi connectivity index (χ2v) is 4.67. The van der Waals surface area contributed by atoms with Gasteiger partial charge in [0.1, 0.15) is 5.69 Å². The van der Waals surface area contributed by atoms with E-state index in [1.165, 1.54) is 12.8 Å². The highest BCUT2D eigenvalue weighted by Crippen LogP contribution is 2.20. The molecule has 0 aliphatic heterocycles. The van der Waals surface area contributed by atoms with Gasteiger partial charge in [0.2, 0.25) is 0 Å². The molecule has 1 saturated carbocycles. The smallest absolute Gasteiger partial charge is 0.189 e. The minimum Gasteiger partial charge on any atom is -0.370 e. The van der Waals surface area contributed by atoms with Crippen molar-refractivity contribution in [1.82, 2.24) is 10.5 Å². The fraction of sp³-hybridized carbons (Fsp3) is 0.286. The van der Waals surface area contributed by atoms with E-state index in [1.54, 1.807) is 0 Å². The Balaban J connectivity index is 0.00000147. The van der Waals surface area contributed by atoms with Crippen LogP contribution in [-0.2, 0) is 6.54 Å². The molecule has 2 aromatic rings. The molecule has 0 atom stereocenters. The van der Waals surface area contributed by atoms with Crippen molar-refractivity contribution in [2.45, 2.75) is 25.4 Å². The molecule has 1 aliphatic carbocycles. The SMILES string of the molecule is I.NC(=NCc1cc(-c2ccccc2)on1)NC1CC1. The van der Waals surface area contributed by atoms with E-state index in [4.69, 9.17) is 10.3 Å². The highest BCUT2D eigenvalue weighted by Gasteiger charge is 2.21. The molecule has 1 aromatic carbocycles. The van der Waals surface area contributed by atoms with E-state index < -0.39 is 0 Å². The Labute approximate surface area is 134 Å². The number of nitrogens with two attached hydrogens (primary N) is 1. The largest absolute Gasteiger partial charge is 0.370 e. The summed E-state index contributed by atoms with van der Waals surface area (Å²) < 4.78 is 5.30. The van der Waals surface area contributed by atoms with Gasteiger partial charge in [-0.3, -0.25) is 0 Å². The molecule has 0 saturated heterocycles. The first-order valence-corrected chi connectivity index (χ1v) is 6.39. The van der Waals surface area contributed by atoms with Crippen molar-refractivity contribution in [3.05, 3.63) is 42.1 Å². The topological polar surface area (TPSA) is 76.4 Å². The molecule has 20 heavy (non-hydrogen) atoms. The van der Waals surface area contributed by atoms with Crippen molar-refractivity contribution in [2.75, 3.05) is 0 Å². The second kappa shape index (κ2) is 6.74. The zero-order chi connectivity index (χ0) is 13.1. The van der Waals surface area contributed by atoms with E-state index in [2.05, 4.69) is 15.5 Å². The fourth-order valence-corrected chi connectivity index (χ4v) is 1.77. The minimum absolute atomic E-state index is 0. The summed E-state index contributed by atoms with van der Waals surface area (Å²) >= 11 is 0. The van der Waals surface area contributed by atoms with Crippen LogP contribution >= 0.6 is 24.0 Å². The van der Waals surface area contributed by atoms with Gasteiger partial charge < -0.3 is 15.6 Å². The first kappa shape index (κ1) is 14.8. The van der Waals surface area contributed by atoms with Crippen molar-refractivity contribution < 1.29 is 4.52 Å². The van der Waals surface area contributed by atoms with Gasteiger partial charge in [0.25, 0.3) is 0 Å². The van der Waals surface area contributed by atoms with Gasteiger partial charge in [-0.25, -0.2) is 4.99 Å². The maximum atomic E-state index is 5.76. The summed E-state index contributed by atoms with van der Waals surface area (Å²) in [5, 5.41) is 7.13. The van der Waals surface area contributed by atoms with Gasteiger partial charge in [-0.15, -0.1) is 24.0 Å². The van der Waals surface area contributed by atoms with Gasteiger partial charge in [-0.2, -0.15) is 0 Å². The van der Waals surface area contributed by atoms with E-state index in [9.17, 15) is 0 Å². The lowest BCUT2D eigenvalue weighted by Crippen LogP contribution is -2.33. The maximum Gasteiger partial charge on any atom is 0.189 e. The summed E-state index contributed by atoms with van der Waals surface area (Å²) in [6, 6.07) is 12.3. The van der Waals surface area contributed by atoms with Gasteiger partial charge in [0.15, 0.2) is 11.7 Å². The summed E-state index contributed by atoms with van der Waals surface area (Å²) in [5.41, 5.74) is 7.55. The monoisotopic (exact) mass is 384 g/mol. The molecule has 3 rings (SSSR count). The van der Waals surface area contributed by atoms with Crippen LogP contribution in [0.2, 0.25) is 0 Å². The number of rotatable bonds is 4. The Kier molecular flexibility index (Phi) is 4.99. The molecule has 1 aliphatic rings. The molecular weight excluding hydrogens is 367 g/mol. The Hall–Kier alpha value is -1.57. The number of nitrogens with zero attached hydrogens (tertiary/aromatic N) is 2. The zero-order valence-electron chi connectivity index (χ0n) is 11.0. The van der Waals surface area contributed by atoms with Crippen LogP contribution in [0, 0.1) is 0 Å². The number of aliphatic imine (C=N–C) groups is 1. The Morgan fingerprint density at radius 2 is 2.10 bits per heavy atom. The number of benzene rings is 1. The van der Waals surface area contributed by atoms with Crippen molar-refractivity contribution in [2.24, 2.45) is 10.7 Å². The molecule has 0 unspecified atom stereocenters. The molecule has 0 spiro atoms. The first-order chi connectivity index (χ1) is 9.31. The molecule has 0 bridgehead atoms. The number of aromatic nitrogens is 1. The van der Waals surface area contributed by atoms with Crippen LogP contribution in [0.1, 0.15) is 18.5 Å². The summed E-state index contributed by atoms with van der Waals surface area (Å²) in [5.74, 6) is 1.23. The number of nitrogens with one attached hydrogen (secondary N) is 1. The average molecular weight is 384 g/mol. The minimum atomic E-state index is 0. The quantitative estimate of drug-likeness (QED) is 0.483. The van der Waals surface area contributed by atoms with Crippen molar-refractivity contribution in [3.63, 3.8) is 0 Å². The lowest BCUT2D eigenvalue weighted by molar-refractivity contribution is 0.424. The number of guanidine groups is 1. The van der Waals surface area contributed by atoms with Crippen LogP contribution < -0.4 is 11.1 Å². The second-order valence-electron chi connectivity index (χ2n) is 4.67. The highest BCUT2D eigenvalue weighted by molar-refractivity contribution is 14.0. The normalized spacial score (nSPS) is 14.7. The summed E-state index contributed by atoms with van der Waals surface area (Å²) in [4.78, 5) is 4.24. The van der Waals surface area contributed by atoms with E-state index in [1.807, 2.05) is 36.4 Å². The molecule has 3 N–H and O–H groups in total. The standard InChI is InChI=1S/C14H16N4O.HI/c15-14(17-11-6-7-11)16-9-12-8-13(19-18-12)10-4-2-1-3-5-10;/h1-5,8,11H,6-7,9H2,(H3,15,16,17);1H. The average Bonchev–Trinajstić information content (AvgIpc) is 3.12. The highest BCUT2D eigenvalue weighted by atomic mass is 127. The summed E-state index contributed by atoms with van der Waals surface area (Å²) in [7, 11) is 0. The van der Waals surface area contributed by atoms with Gasteiger partial charge in [0, 0.05) is 17.7 Å². The zero-order valence-corrected chi connectivity index (χ0v) is 13.3. The van der Waals surface area contributed by atoms with E-state index >= 15 is 0 Å². The van der Waals surface area contributed by atoms with Gasteiger partial charge in [-0.05, 0) is 12.8 Å². The summed E-state index contributed by atoms with van der Waals surface area (Å²) in [6.07, 6.45) is 2.36. The lowest BCUT2D eigenvalue weighted by atomic mass is 10.2. The maximum absolute atomic E-state index is 5.76. The first-order valence-electron chi connectivity index (χ1n) is 6.39. The van der Waals surface area contributed by atoms with Gasteiger partial charge in [0.05, 0.1) is 6.54 Å². The third-order valence-electron chi connectivity index (χ3n) is 2.96. The molecular formula is C14H17IN4O. The van der Waals surface area contributed by atoms with Crippen LogP contribution in [0.15, 0.2) is 45.9 Å². The molecule has 1 heterocycles. The fourth-order valence-electron chi connectivity index (χ4n) is 1.77. The Bertz CT molecular complexity index is 578. The molecule has 106 valence electrons. The van der Waals surface area contributed by atoms with Crippen LogP contribution in [0.25, 0.3) is 11.3 Å². The Morgan fingerprint density at radius 3 is 2.80 bits per heavy atom. The molecule has 1 fully saturated rings. The molecule has 6 heteroatoms. The lowest BCUT2D eigenvalue weighted by Gasteiger charge is -2.01. The van der Waals surface area contributed by atoms with Crippen molar-refractivity contribution >= 4 is 29.9 Å².